The quantitative estimate of drug-likeness (QED) is 0.764. The summed E-state index contributed by atoms with van der Waals surface area (Å²) in [5.74, 6) is 0.0835. The second kappa shape index (κ2) is 5.93. The molecular weight excluding hydrogens is 256 g/mol. The van der Waals surface area contributed by atoms with Gasteiger partial charge in [-0.25, -0.2) is 0 Å². The number of benzene rings is 1. The van der Waals surface area contributed by atoms with Crippen molar-refractivity contribution in [1.29, 1.82) is 0 Å². The van der Waals surface area contributed by atoms with Crippen molar-refractivity contribution in [3.8, 4) is 0 Å². The highest BCUT2D eigenvalue weighted by Crippen LogP contribution is 2.18. The lowest BCUT2D eigenvalue weighted by Gasteiger charge is -2.01. The molecule has 1 aromatic carbocycles. The maximum Gasteiger partial charge on any atom is 0.173 e. The maximum atomic E-state index is 11.9. The van der Waals surface area contributed by atoms with Crippen LogP contribution in [0.25, 0.3) is 0 Å². The van der Waals surface area contributed by atoms with E-state index >= 15 is 0 Å². The van der Waals surface area contributed by atoms with Gasteiger partial charge in [-0.3, -0.25) is 9.59 Å². The van der Waals surface area contributed by atoms with Gasteiger partial charge < -0.3 is 0 Å². The lowest BCUT2D eigenvalue weighted by Crippen LogP contribution is -2.04. The Balaban J connectivity index is 1.93. The van der Waals surface area contributed by atoms with Gasteiger partial charge >= 0.3 is 0 Å². The van der Waals surface area contributed by atoms with Crippen LogP contribution in [-0.2, 0) is 0 Å². The van der Waals surface area contributed by atoms with Gasteiger partial charge in [0, 0.05) is 23.3 Å². The number of aryl methyl sites for hydroxylation is 2. The first-order chi connectivity index (χ1) is 9.06. The molecule has 3 heteroatoms. The first-order valence-electron chi connectivity index (χ1n) is 6.26. The lowest BCUT2D eigenvalue weighted by molar-refractivity contribution is 0.0919. The Morgan fingerprint density at radius 1 is 0.895 bits per heavy atom. The van der Waals surface area contributed by atoms with Crippen molar-refractivity contribution < 1.29 is 9.59 Å². The molecule has 2 aromatic rings. The Morgan fingerprint density at radius 2 is 1.53 bits per heavy atom. The summed E-state index contributed by atoms with van der Waals surface area (Å²) < 4.78 is 0. The number of Topliss-reactive ketones (excluding diaryl/α,β-unsaturated/α-hetero) is 2. The Hall–Kier alpha value is -1.74. The van der Waals surface area contributed by atoms with E-state index in [1.54, 1.807) is 0 Å². The fourth-order valence-electron chi connectivity index (χ4n) is 1.82. The number of carbonyl (C=O) groups excluding carboxylic acids is 2. The SMILES string of the molecule is Cc1ccc(C(=O)CCC(=O)c2ccc(C)s2)cc1. The largest absolute Gasteiger partial charge is 0.294 e. The molecule has 0 atom stereocenters. The van der Waals surface area contributed by atoms with Crippen molar-refractivity contribution in [2.24, 2.45) is 0 Å². The third-order valence-corrected chi connectivity index (χ3v) is 4.01. The van der Waals surface area contributed by atoms with Crippen LogP contribution in [0.15, 0.2) is 36.4 Å². The Bertz CT molecular complexity index is 593. The summed E-state index contributed by atoms with van der Waals surface area (Å²) >= 11 is 1.48. The van der Waals surface area contributed by atoms with Crippen molar-refractivity contribution in [1.82, 2.24) is 0 Å². The Labute approximate surface area is 117 Å². The van der Waals surface area contributed by atoms with Crippen LogP contribution < -0.4 is 0 Å². The standard InChI is InChI=1S/C16H16O2S/c1-11-3-6-13(7-4-11)14(17)8-9-15(18)16-10-5-12(2)19-16/h3-7,10H,8-9H2,1-2H3. The monoisotopic (exact) mass is 272 g/mol. The van der Waals surface area contributed by atoms with Crippen molar-refractivity contribution in [2.75, 3.05) is 0 Å². The average molecular weight is 272 g/mol. The van der Waals surface area contributed by atoms with Gasteiger partial charge in [-0.2, -0.15) is 0 Å². The van der Waals surface area contributed by atoms with Crippen molar-refractivity contribution >= 4 is 22.9 Å². The molecular formula is C16H16O2S. The van der Waals surface area contributed by atoms with E-state index < -0.39 is 0 Å². The minimum Gasteiger partial charge on any atom is -0.294 e. The molecule has 1 aromatic heterocycles. The molecule has 0 saturated heterocycles. The van der Waals surface area contributed by atoms with E-state index in [0.29, 0.717) is 5.56 Å². The minimum absolute atomic E-state index is 0.0293. The highest BCUT2D eigenvalue weighted by Gasteiger charge is 2.12. The van der Waals surface area contributed by atoms with Crippen LogP contribution in [0.2, 0.25) is 0 Å². The average Bonchev–Trinajstić information content (AvgIpc) is 2.83. The molecule has 0 aliphatic rings. The van der Waals surface area contributed by atoms with Gasteiger partial charge in [-0.1, -0.05) is 29.8 Å². The highest BCUT2D eigenvalue weighted by molar-refractivity contribution is 7.14. The van der Waals surface area contributed by atoms with Crippen LogP contribution in [0.4, 0.5) is 0 Å². The molecule has 0 spiro atoms. The summed E-state index contributed by atoms with van der Waals surface area (Å²) in [6.07, 6.45) is 0.561. The normalized spacial score (nSPS) is 10.4. The van der Waals surface area contributed by atoms with Crippen LogP contribution in [0.3, 0.4) is 0 Å². The third kappa shape index (κ3) is 3.61. The molecule has 2 rings (SSSR count). The van der Waals surface area contributed by atoms with E-state index in [1.165, 1.54) is 11.3 Å². The second-order valence-electron chi connectivity index (χ2n) is 4.62. The van der Waals surface area contributed by atoms with Crippen LogP contribution in [-0.4, -0.2) is 11.6 Å². The zero-order valence-electron chi connectivity index (χ0n) is 11.1. The smallest absolute Gasteiger partial charge is 0.173 e. The molecule has 0 aliphatic carbocycles. The zero-order valence-corrected chi connectivity index (χ0v) is 11.9. The van der Waals surface area contributed by atoms with Crippen molar-refractivity contribution in [2.45, 2.75) is 26.7 Å². The Morgan fingerprint density at radius 3 is 2.11 bits per heavy atom. The molecule has 0 N–H and O–H groups in total. The molecule has 0 unspecified atom stereocenters. The molecule has 0 bridgehead atoms. The molecule has 2 nitrogen and oxygen atoms in total. The van der Waals surface area contributed by atoms with Crippen molar-refractivity contribution in [3.05, 3.63) is 57.3 Å². The lowest BCUT2D eigenvalue weighted by atomic mass is 10.0. The predicted octanol–water partition coefficient (Wildman–Crippen LogP) is 4.21. The molecule has 0 radical (unpaired) electrons. The van der Waals surface area contributed by atoms with E-state index in [4.69, 9.17) is 0 Å². The van der Waals surface area contributed by atoms with E-state index in [0.717, 1.165) is 15.3 Å². The fourth-order valence-corrected chi connectivity index (χ4v) is 2.65. The van der Waals surface area contributed by atoms with Crippen LogP contribution in [0.1, 0.15) is 43.3 Å². The van der Waals surface area contributed by atoms with E-state index in [9.17, 15) is 9.59 Å². The number of hydrogen-bond donors (Lipinski definition) is 0. The summed E-state index contributed by atoms with van der Waals surface area (Å²) in [7, 11) is 0. The molecule has 0 aliphatic heterocycles. The van der Waals surface area contributed by atoms with Gasteiger partial charge in [0.2, 0.25) is 0 Å². The third-order valence-electron chi connectivity index (χ3n) is 2.97. The second-order valence-corrected chi connectivity index (χ2v) is 5.91. The van der Waals surface area contributed by atoms with Gasteiger partial charge in [0.1, 0.15) is 0 Å². The number of hydrogen-bond acceptors (Lipinski definition) is 3. The van der Waals surface area contributed by atoms with Crippen LogP contribution in [0.5, 0.6) is 0 Å². The predicted molar refractivity (Wildman–Crippen MR) is 78.1 cm³/mol. The summed E-state index contributed by atoms with van der Waals surface area (Å²) in [5, 5.41) is 0. The molecule has 98 valence electrons. The fraction of sp³-hybridized carbons (Fsp3) is 0.250. The maximum absolute atomic E-state index is 11.9. The molecule has 0 saturated carbocycles. The summed E-state index contributed by atoms with van der Waals surface area (Å²) in [6, 6.07) is 11.2. The van der Waals surface area contributed by atoms with Gasteiger partial charge in [-0.15, -0.1) is 11.3 Å². The number of rotatable bonds is 5. The van der Waals surface area contributed by atoms with E-state index in [-0.39, 0.29) is 24.4 Å². The number of carbonyl (C=O) groups is 2. The summed E-state index contributed by atoms with van der Waals surface area (Å²) in [5.41, 5.74) is 1.81. The van der Waals surface area contributed by atoms with Crippen LogP contribution >= 0.6 is 11.3 Å². The van der Waals surface area contributed by atoms with E-state index in [1.807, 2.05) is 50.2 Å². The van der Waals surface area contributed by atoms with Gasteiger partial charge in [0.25, 0.3) is 0 Å². The van der Waals surface area contributed by atoms with Crippen LogP contribution in [0, 0.1) is 13.8 Å². The molecule has 1 heterocycles. The Kier molecular flexibility index (Phi) is 4.27. The van der Waals surface area contributed by atoms with E-state index in [2.05, 4.69) is 0 Å². The molecule has 19 heavy (non-hydrogen) atoms. The summed E-state index contributed by atoms with van der Waals surface area (Å²) in [4.78, 5) is 25.7. The van der Waals surface area contributed by atoms with Gasteiger partial charge in [0.05, 0.1) is 4.88 Å². The minimum atomic E-state index is 0.0293. The van der Waals surface area contributed by atoms with Gasteiger partial charge in [0.15, 0.2) is 11.6 Å². The number of thiophene rings is 1. The highest BCUT2D eigenvalue weighted by atomic mass is 32.1. The van der Waals surface area contributed by atoms with Gasteiger partial charge in [-0.05, 0) is 26.0 Å². The van der Waals surface area contributed by atoms with Crippen molar-refractivity contribution in [3.63, 3.8) is 0 Å². The first-order valence-corrected chi connectivity index (χ1v) is 7.07. The number of ketones is 2. The molecule has 0 amide bonds. The summed E-state index contributed by atoms with van der Waals surface area (Å²) in [6.45, 7) is 3.95. The topological polar surface area (TPSA) is 34.1 Å². The first kappa shape index (κ1) is 13.7. The zero-order chi connectivity index (χ0) is 13.8. The molecule has 0 fully saturated rings.